The van der Waals surface area contributed by atoms with Crippen LogP contribution in [-0.2, 0) is 0 Å². The normalized spacial score (nSPS) is 11.0. The first kappa shape index (κ1) is 16.7. The lowest BCUT2D eigenvalue weighted by molar-refractivity contribution is 0.548. The van der Waals surface area contributed by atoms with E-state index < -0.39 is 5.63 Å². The van der Waals surface area contributed by atoms with Gasteiger partial charge in [-0.1, -0.05) is 60.7 Å². The molecule has 0 aliphatic carbocycles. The van der Waals surface area contributed by atoms with Crippen molar-refractivity contribution in [3.05, 3.63) is 82.7 Å². The Morgan fingerprint density at radius 2 is 1.66 bits per heavy atom. The van der Waals surface area contributed by atoms with Crippen molar-refractivity contribution in [1.29, 1.82) is 5.26 Å². The SMILES string of the molecule is N#Cc1c(N)c2c(-c3ccccc3)n3nc(-c4ccccc4)cc3nc2oc1=O. The molecule has 0 atom stereocenters. The summed E-state index contributed by atoms with van der Waals surface area (Å²) in [5.74, 6) is 0. The van der Waals surface area contributed by atoms with Gasteiger partial charge < -0.3 is 10.2 Å². The fourth-order valence-corrected chi connectivity index (χ4v) is 3.39. The van der Waals surface area contributed by atoms with Gasteiger partial charge in [0.05, 0.1) is 22.5 Å². The van der Waals surface area contributed by atoms with Crippen molar-refractivity contribution >= 4 is 22.4 Å². The van der Waals surface area contributed by atoms with Crippen LogP contribution in [-0.4, -0.2) is 14.6 Å². The largest absolute Gasteiger partial charge is 0.402 e. The Labute approximate surface area is 164 Å². The molecule has 0 aliphatic heterocycles. The minimum absolute atomic E-state index is 0.0313. The van der Waals surface area contributed by atoms with Crippen LogP contribution in [0.1, 0.15) is 5.56 Å². The summed E-state index contributed by atoms with van der Waals surface area (Å²) in [5.41, 5.74) is 8.81. The van der Waals surface area contributed by atoms with Crippen molar-refractivity contribution in [1.82, 2.24) is 14.6 Å². The highest BCUT2D eigenvalue weighted by Crippen LogP contribution is 2.34. The highest BCUT2D eigenvalue weighted by atomic mass is 16.4. The molecule has 0 saturated heterocycles. The monoisotopic (exact) mass is 379 g/mol. The van der Waals surface area contributed by atoms with E-state index >= 15 is 0 Å². The van der Waals surface area contributed by atoms with Gasteiger partial charge in [-0.15, -0.1) is 0 Å². The van der Waals surface area contributed by atoms with Crippen LogP contribution in [0.3, 0.4) is 0 Å². The molecule has 0 saturated carbocycles. The van der Waals surface area contributed by atoms with Gasteiger partial charge in [-0.25, -0.2) is 9.31 Å². The molecule has 29 heavy (non-hydrogen) atoms. The van der Waals surface area contributed by atoms with Crippen LogP contribution in [0.2, 0.25) is 0 Å². The summed E-state index contributed by atoms with van der Waals surface area (Å²) in [4.78, 5) is 16.6. The summed E-state index contributed by atoms with van der Waals surface area (Å²) in [6.45, 7) is 0. The summed E-state index contributed by atoms with van der Waals surface area (Å²) in [6, 6.07) is 22.8. The smallest absolute Gasteiger partial charge is 0.357 e. The molecule has 2 N–H and O–H groups in total. The third-order valence-corrected chi connectivity index (χ3v) is 4.73. The fraction of sp³-hybridized carbons (Fsp3) is 0. The van der Waals surface area contributed by atoms with Gasteiger partial charge in [-0.05, 0) is 0 Å². The van der Waals surface area contributed by atoms with Gasteiger partial charge in [0.15, 0.2) is 11.2 Å². The van der Waals surface area contributed by atoms with Crippen LogP contribution >= 0.6 is 0 Å². The van der Waals surface area contributed by atoms with Crippen molar-refractivity contribution in [3.8, 4) is 28.6 Å². The van der Waals surface area contributed by atoms with Crippen LogP contribution in [0.15, 0.2) is 75.9 Å². The fourth-order valence-electron chi connectivity index (χ4n) is 3.39. The first-order chi connectivity index (χ1) is 14.2. The average Bonchev–Trinajstić information content (AvgIpc) is 3.17. The maximum absolute atomic E-state index is 12.2. The molecule has 0 amide bonds. The molecular weight excluding hydrogens is 366 g/mol. The molecule has 0 unspecified atom stereocenters. The summed E-state index contributed by atoms with van der Waals surface area (Å²) >= 11 is 0. The Hall–Kier alpha value is -4.44. The van der Waals surface area contributed by atoms with Gasteiger partial charge in [-0.2, -0.15) is 15.3 Å². The predicted octanol–water partition coefficient (Wildman–Crippen LogP) is 3.62. The zero-order valence-electron chi connectivity index (χ0n) is 15.0. The topological polar surface area (TPSA) is 110 Å². The quantitative estimate of drug-likeness (QED) is 0.501. The summed E-state index contributed by atoms with van der Waals surface area (Å²) < 4.78 is 7.00. The third-order valence-electron chi connectivity index (χ3n) is 4.73. The molecule has 5 aromatic rings. The number of hydrogen-bond donors (Lipinski definition) is 1. The van der Waals surface area contributed by atoms with Gasteiger partial charge in [0.2, 0.25) is 5.71 Å². The molecular formula is C22H13N5O2. The minimum Gasteiger partial charge on any atom is -0.402 e. The lowest BCUT2D eigenvalue weighted by Crippen LogP contribution is -2.11. The van der Waals surface area contributed by atoms with E-state index in [-0.39, 0.29) is 17.0 Å². The Bertz CT molecular complexity index is 1480. The number of nitrogens with zero attached hydrogens (tertiary/aromatic N) is 4. The number of benzene rings is 2. The number of nitrogens with two attached hydrogens (primary N) is 1. The number of nitriles is 1. The molecule has 0 bridgehead atoms. The summed E-state index contributed by atoms with van der Waals surface area (Å²) in [6.07, 6.45) is 0. The van der Waals surface area contributed by atoms with E-state index in [4.69, 9.17) is 15.2 Å². The maximum atomic E-state index is 12.2. The van der Waals surface area contributed by atoms with Crippen LogP contribution in [0.25, 0.3) is 39.3 Å². The van der Waals surface area contributed by atoms with Gasteiger partial charge in [0.25, 0.3) is 0 Å². The molecule has 0 aliphatic rings. The van der Waals surface area contributed by atoms with Crippen LogP contribution in [0.4, 0.5) is 5.69 Å². The summed E-state index contributed by atoms with van der Waals surface area (Å²) in [7, 11) is 0. The van der Waals surface area contributed by atoms with Gasteiger partial charge >= 0.3 is 5.63 Å². The van der Waals surface area contributed by atoms with Crippen LogP contribution in [0.5, 0.6) is 0 Å². The first-order valence-corrected chi connectivity index (χ1v) is 8.84. The molecule has 3 aromatic heterocycles. The predicted molar refractivity (Wildman–Crippen MR) is 109 cm³/mol. The van der Waals surface area contributed by atoms with E-state index in [2.05, 4.69) is 4.98 Å². The number of aromatic nitrogens is 3. The zero-order chi connectivity index (χ0) is 20.0. The summed E-state index contributed by atoms with van der Waals surface area (Å²) in [5, 5.41) is 14.5. The molecule has 7 nitrogen and oxygen atoms in total. The second-order valence-electron chi connectivity index (χ2n) is 6.46. The maximum Gasteiger partial charge on any atom is 0.357 e. The first-order valence-electron chi connectivity index (χ1n) is 8.84. The molecule has 2 aromatic carbocycles. The lowest BCUT2D eigenvalue weighted by Gasteiger charge is -2.11. The van der Waals surface area contributed by atoms with E-state index in [1.54, 1.807) is 4.52 Å². The Balaban J connectivity index is 1.97. The molecule has 3 heterocycles. The number of nitrogen functional groups attached to an aromatic ring is 1. The highest BCUT2D eigenvalue weighted by Gasteiger charge is 2.21. The molecule has 5 rings (SSSR count). The van der Waals surface area contributed by atoms with Gasteiger partial charge in [0, 0.05) is 17.2 Å². The molecule has 0 fully saturated rings. The second-order valence-corrected chi connectivity index (χ2v) is 6.46. The van der Waals surface area contributed by atoms with E-state index in [1.807, 2.05) is 72.8 Å². The third kappa shape index (κ3) is 2.55. The molecule has 7 heteroatoms. The number of fused-ring (bicyclic) bond motifs is 2. The van der Waals surface area contributed by atoms with E-state index in [1.165, 1.54) is 0 Å². The number of anilines is 1. The minimum atomic E-state index is -0.809. The zero-order valence-corrected chi connectivity index (χ0v) is 15.0. The number of rotatable bonds is 2. The lowest BCUT2D eigenvalue weighted by atomic mass is 10.1. The standard InChI is InChI=1S/C22H13N5O2/c23-12-15-19(24)18-20(14-9-5-2-6-10-14)27-17(25-21(18)29-22(15)28)11-16(26-27)13-7-3-1-4-8-13/h1-11H,24H2. The van der Waals surface area contributed by atoms with Crippen molar-refractivity contribution in [2.24, 2.45) is 0 Å². The van der Waals surface area contributed by atoms with Crippen molar-refractivity contribution in [2.75, 3.05) is 5.73 Å². The second kappa shape index (κ2) is 6.32. The molecule has 0 spiro atoms. The average molecular weight is 379 g/mol. The van der Waals surface area contributed by atoms with Crippen molar-refractivity contribution < 1.29 is 4.42 Å². The van der Waals surface area contributed by atoms with Crippen molar-refractivity contribution in [2.45, 2.75) is 0 Å². The Kier molecular flexibility index (Phi) is 3.64. The van der Waals surface area contributed by atoms with E-state index in [0.29, 0.717) is 22.4 Å². The highest BCUT2D eigenvalue weighted by molar-refractivity contribution is 6.01. The van der Waals surface area contributed by atoms with E-state index in [9.17, 15) is 10.1 Å². The Morgan fingerprint density at radius 1 is 1.00 bits per heavy atom. The van der Waals surface area contributed by atoms with Gasteiger partial charge in [0.1, 0.15) is 6.07 Å². The van der Waals surface area contributed by atoms with E-state index in [0.717, 1.165) is 11.1 Å². The van der Waals surface area contributed by atoms with Crippen LogP contribution < -0.4 is 11.4 Å². The van der Waals surface area contributed by atoms with Gasteiger partial charge in [-0.3, -0.25) is 0 Å². The molecule has 138 valence electrons. The van der Waals surface area contributed by atoms with Crippen molar-refractivity contribution in [3.63, 3.8) is 0 Å². The number of hydrogen-bond acceptors (Lipinski definition) is 6. The Morgan fingerprint density at radius 3 is 2.31 bits per heavy atom. The van der Waals surface area contributed by atoms with Crippen LogP contribution in [0, 0.1) is 11.3 Å². The molecule has 0 radical (unpaired) electrons.